The van der Waals surface area contributed by atoms with Crippen molar-refractivity contribution in [1.82, 2.24) is 0 Å². The fourth-order valence-electron chi connectivity index (χ4n) is 2.23. The van der Waals surface area contributed by atoms with Gasteiger partial charge in [0.1, 0.15) is 6.10 Å². The summed E-state index contributed by atoms with van der Waals surface area (Å²) in [6, 6.07) is 0. The Morgan fingerprint density at radius 1 is 1.00 bits per heavy atom. The number of hydrogen-bond acceptors (Lipinski definition) is 2. The summed E-state index contributed by atoms with van der Waals surface area (Å²) >= 11 is 0. The second kappa shape index (κ2) is 10.6. The highest BCUT2D eigenvalue weighted by molar-refractivity contribution is 5.66. The number of carbonyl (C=O) groups is 1. The molecule has 0 aromatic heterocycles. The van der Waals surface area contributed by atoms with Gasteiger partial charge in [0, 0.05) is 6.92 Å². The number of hydrogen-bond donors (Lipinski definition) is 0. The summed E-state index contributed by atoms with van der Waals surface area (Å²) in [7, 11) is 0. The first-order chi connectivity index (χ1) is 8.10. The topological polar surface area (TPSA) is 26.3 Å². The molecule has 0 fully saturated rings. The van der Waals surface area contributed by atoms with E-state index in [1.165, 1.54) is 45.4 Å². The summed E-state index contributed by atoms with van der Waals surface area (Å²) in [5.41, 5.74) is 0. The van der Waals surface area contributed by atoms with E-state index in [0.29, 0.717) is 0 Å². The molecule has 102 valence electrons. The monoisotopic (exact) mass is 242 g/mol. The van der Waals surface area contributed by atoms with Gasteiger partial charge in [-0.1, -0.05) is 46.5 Å². The maximum Gasteiger partial charge on any atom is 0.302 e. The molecule has 0 heterocycles. The highest BCUT2D eigenvalue weighted by atomic mass is 16.5. The molecule has 0 N–H and O–H groups in total. The van der Waals surface area contributed by atoms with E-state index < -0.39 is 0 Å². The standard InChI is InChI=1S/C15H30O2/c1-5-7-8-10-15(17-14(4)16)12-11-13(3)9-6-2/h13,15H,5-12H2,1-4H3. The van der Waals surface area contributed by atoms with E-state index in [4.69, 9.17) is 4.74 Å². The summed E-state index contributed by atoms with van der Waals surface area (Å²) < 4.78 is 5.39. The summed E-state index contributed by atoms with van der Waals surface area (Å²) in [5, 5.41) is 0. The highest BCUT2D eigenvalue weighted by Crippen LogP contribution is 2.18. The molecule has 17 heavy (non-hydrogen) atoms. The van der Waals surface area contributed by atoms with E-state index in [9.17, 15) is 4.79 Å². The van der Waals surface area contributed by atoms with Crippen molar-refractivity contribution in [3.05, 3.63) is 0 Å². The van der Waals surface area contributed by atoms with Gasteiger partial charge in [-0.15, -0.1) is 0 Å². The molecule has 0 saturated heterocycles. The third kappa shape index (κ3) is 10.3. The lowest BCUT2D eigenvalue weighted by molar-refractivity contribution is -0.147. The summed E-state index contributed by atoms with van der Waals surface area (Å²) in [6.45, 7) is 8.23. The predicted molar refractivity (Wildman–Crippen MR) is 73.0 cm³/mol. The third-order valence-corrected chi connectivity index (χ3v) is 3.23. The molecule has 2 heteroatoms. The molecule has 0 saturated carbocycles. The third-order valence-electron chi connectivity index (χ3n) is 3.23. The van der Waals surface area contributed by atoms with Crippen molar-refractivity contribution in [2.45, 2.75) is 85.2 Å². The Bertz CT molecular complexity index is 189. The summed E-state index contributed by atoms with van der Waals surface area (Å²) in [4.78, 5) is 11.0. The van der Waals surface area contributed by atoms with Crippen LogP contribution in [0.1, 0.15) is 79.1 Å². The van der Waals surface area contributed by atoms with Crippen molar-refractivity contribution >= 4 is 5.97 Å². The smallest absolute Gasteiger partial charge is 0.302 e. The zero-order valence-electron chi connectivity index (χ0n) is 12.1. The van der Waals surface area contributed by atoms with E-state index in [1.807, 2.05) is 0 Å². The zero-order chi connectivity index (χ0) is 13.1. The number of unbranched alkanes of at least 4 members (excludes halogenated alkanes) is 2. The molecule has 0 bridgehead atoms. The fourth-order valence-corrected chi connectivity index (χ4v) is 2.23. The normalized spacial score (nSPS) is 14.4. The minimum absolute atomic E-state index is 0.130. The van der Waals surface area contributed by atoms with Crippen LogP contribution in [0, 0.1) is 5.92 Å². The van der Waals surface area contributed by atoms with E-state index in [2.05, 4.69) is 20.8 Å². The zero-order valence-corrected chi connectivity index (χ0v) is 12.1. The molecular weight excluding hydrogens is 212 g/mol. The number of rotatable bonds is 10. The van der Waals surface area contributed by atoms with Crippen LogP contribution in [-0.2, 0) is 9.53 Å². The highest BCUT2D eigenvalue weighted by Gasteiger charge is 2.13. The maximum atomic E-state index is 11.0. The average Bonchev–Trinajstić information content (AvgIpc) is 2.25. The van der Waals surface area contributed by atoms with E-state index in [0.717, 1.165) is 18.8 Å². The molecule has 0 aromatic rings. The average molecular weight is 242 g/mol. The second-order valence-electron chi connectivity index (χ2n) is 5.20. The molecule has 0 amide bonds. The predicted octanol–water partition coefficient (Wildman–Crippen LogP) is 4.71. The Labute approximate surface area is 107 Å². The van der Waals surface area contributed by atoms with Crippen molar-refractivity contribution in [3.63, 3.8) is 0 Å². The first kappa shape index (κ1) is 16.5. The molecule has 0 aliphatic rings. The van der Waals surface area contributed by atoms with Crippen molar-refractivity contribution < 1.29 is 9.53 Å². The Morgan fingerprint density at radius 3 is 2.24 bits per heavy atom. The lowest BCUT2D eigenvalue weighted by Gasteiger charge is -2.19. The van der Waals surface area contributed by atoms with Crippen molar-refractivity contribution in [3.8, 4) is 0 Å². The molecule has 0 radical (unpaired) electrons. The summed E-state index contributed by atoms with van der Waals surface area (Å²) in [5.74, 6) is 0.624. The minimum atomic E-state index is -0.130. The van der Waals surface area contributed by atoms with Gasteiger partial charge < -0.3 is 4.74 Å². The van der Waals surface area contributed by atoms with Crippen LogP contribution in [0.5, 0.6) is 0 Å². The van der Waals surface area contributed by atoms with Crippen molar-refractivity contribution in [2.24, 2.45) is 5.92 Å². The molecule has 0 aliphatic heterocycles. The maximum absolute atomic E-state index is 11.0. The molecule has 2 atom stereocenters. The number of carbonyl (C=O) groups excluding carboxylic acids is 1. The van der Waals surface area contributed by atoms with E-state index in [-0.39, 0.29) is 12.1 Å². The van der Waals surface area contributed by atoms with Gasteiger partial charge >= 0.3 is 5.97 Å². The Balaban J connectivity index is 3.87. The van der Waals surface area contributed by atoms with Gasteiger partial charge in [-0.25, -0.2) is 0 Å². The van der Waals surface area contributed by atoms with Gasteiger partial charge in [0.05, 0.1) is 0 Å². The van der Waals surface area contributed by atoms with Crippen LogP contribution >= 0.6 is 0 Å². The van der Waals surface area contributed by atoms with Gasteiger partial charge in [-0.05, 0) is 31.6 Å². The fraction of sp³-hybridized carbons (Fsp3) is 0.933. The van der Waals surface area contributed by atoms with Crippen LogP contribution in [0.2, 0.25) is 0 Å². The Morgan fingerprint density at radius 2 is 1.71 bits per heavy atom. The van der Waals surface area contributed by atoms with Crippen LogP contribution < -0.4 is 0 Å². The molecule has 0 spiro atoms. The molecule has 2 unspecified atom stereocenters. The first-order valence-electron chi connectivity index (χ1n) is 7.27. The Hall–Kier alpha value is -0.530. The van der Waals surface area contributed by atoms with Crippen LogP contribution in [0.3, 0.4) is 0 Å². The van der Waals surface area contributed by atoms with Crippen molar-refractivity contribution in [1.29, 1.82) is 0 Å². The molecule has 0 aliphatic carbocycles. The van der Waals surface area contributed by atoms with Gasteiger partial charge in [-0.3, -0.25) is 4.79 Å². The van der Waals surface area contributed by atoms with Crippen LogP contribution in [0.25, 0.3) is 0 Å². The largest absolute Gasteiger partial charge is 0.463 e. The lowest BCUT2D eigenvalue weighted by Crippen LogP contribution is -2.17. The number of esters is 1. The molecule has 2 nitrogen and oxygen atoms in total. The minimum Gasteiger partial charge on any atom is -0.463 e. The quantitative estimate of drug-likeness (QED) is 0.409. The van der Waals surface area contributed by atoms with E-state index in [1.54, 1.807) is 0 Å². The lowest BCUT2D eigenvalue weighted by atomic mass is 9.96. The van der Waals surface area contributed by atoms with Crippen LogP contribution in [-0.4, -0.2) is 12.1 Å². The van der Waals surface area contributed by atoms with Gasteiger partial charge in [0.15, 0.2) is 0 Å². The van der Waals surface area contributed by atoms with E-state index >= 15 is 0 Å². The van der Waals surface area contributed by atoms with Gasteiger partial charge in [-0.2, -0.15) is 0 Å². The van der Waals surface area contributed by atoms with Crippen LogP contribution in [0.15, 0.2) is 0 Å². The summed E-state index contributed by atoms with van der Waals surface area (Å²) in [6.07, 6.45) is 9.56. The number of ether oxygens (including phenoxy) is 1. The first-order valence-corrected chi connectivity index (χ1v) is 7.27. The SMILES string of the molecule is CCCCCC(CCC(C)CCC)OC(C)=O. The van der Waals surface area contributed by atoms with Crippen LogP contribution in [0.4, 0.5) is 0 Å². The van der Waals surface area contributed by atoms with Gasteiger partial charge in [0.2, 0.25) is 0 Å². The Kier molecular flexibility index (Phi) is 10.3. The molecule has 0 rings (SSSR count). The van der Waals surface area contributed by atoms with Crippen molar-refractivity contribution in [2.75, 3.05) is 0 Å². The second-order valence-corrected chi connectivity index (χ2v) is 5.20. The van der Waals surface area contributed by atoms with Gasteiger partial charge in [0.25, 0.3) is 0 Å². The molecular formula is C15H30O2. The molecule has 0 aromatic carbocycles.